The minimum atomic E-state index is -0.928. The Balaban J connectivity index is 2.19. The number of Topliss-reactive ketones (excluding diaryl/α,β-unsaturated/α-hetero) is 1. The molecule has 1 unspecified atom stereocenters. The summed E-state index contributed by atoms with van der Waals surface area (Å²) >= 11 is 0. The van der Waals surface area contributed by atoms with Gasteiger partial charge in [-0.05, 0) is 30.5 Å². The SMILES string of the molecule is O=C(O)CC(C(=O)C1CCCC1)c1ccncc1. The molecule has 0 aromatic carbocycles. The molecule has 96 valence electrons. The molecule has 1 atom stereocenters. The van der Waals surface area contributed by atoms with Crippen LogP contribution in [0, 0.1) is 5.92 Å². The van der Waals surface area contributed by atoms with Crippen molar-refractivity contribution >= 4 is 11.8 Å². The summed E-state index contributed by atoms with van der Waals surface area (Å²) in [6, 6.07) is 3.47. The fourth-order valence-corrected chi connectivity index (χ4v) is 2.65. The third-order valence-corrected chi connectivity index (χ3v) is 3.59. The first-order valence-corrected chi connectivity index (χ1v) is 6.34. The summed E-state index contributed by atoms with van der Waals surface area (Å²) in [4.78, 5) is 27.2. The average molecular weight is 247 g/mol. The van der Waals surface area contributed by atoms with Crippen LogP contribution in [0.3, 0.4) is 0 Å². The van der Waals surface area contributed by atoms with Crippen LogP contribution >= 0.6 is 0 Å². The van der Waals surface area contributed by atoms with Crippen LogP contribution in [0.25, 0.3) is 0 Å². The van der Waals surface area contributed by atoms with Crippen LogP contribution in [-0.2, 0) is 9.59 Å². The maximum absolute atomic E-state index is 12.4. The lowest BCUT2D eigenvalue weighted by atomic mass is 9.85. The Morgan fingerprint density at radius 1 is 1.28 bits per heavy atom. The number of aliphatic carboxylic acids is 1. The summed E-state index contributed by atoms with van der Waals surface area (Å²) < 4.78 is 0. The molecule has 2 rings (SSSR count). The van der Waals surface area contributed by atoms with Crippen LogP contribution < -0.4 is 0 Å². The van der Waals surface area contributed by atoms with E-state index in [-0.39, 0.29) is 18.1 Å². The number of rotatable bonds is 5. The molecule has 0 saturated heterocycles. The van der Waals surface area contributed by atoms with Gasteiger partial charge in [0, 0.05) is 18.3 Å². The molecule has 0 aliphatic heterocycles. The van der Waals surface area contributed by atoms with Gasteiger partial charge in [0.2, 0.25) is 0 Å². The molecule has 0 bridgehead atoms. The standard InChI is InChI=1S/C14H17NO3/c16-13(17)9-12(10-5-7-15-8-6-10)14(18)11-3-1-2-4-11/h5-8,11-12H,1-4,9H2,(H,16,17). The smallest absolute Gasteiger partial charge is 0.304 e. The van der Waals surface area contributed by atoms with Crippen LogP contribution in [-0.4, -0.2) is 21.8 Å². The fraction of sp³-hybridized carbons (Fsp3) is 0.500. The lowest BCUT2D eigenvalue weighted by Crippen LogP contribution is -2.22. The molecule has 1 saturated carbocycles. The number of ketones is 1. The summed E-state index contributed by atoms with van der Waals surface area (Å²) in [5.74, 6) is -1.32. The summed E-state index contributed by atoms with van der Waals surface area (Å²) in [6.45, 7) is 0. The van der Waals surface area contributed by atoms with Crippen molar-refractivity contribution in [1.29, 1.82) is 0 Å². The summed E-state index contributed by atoms with van der Waals surface area (Å²) in [5, 5.41) is 8.97. The Morgan fingerprint density at radius 3 is 2.44 bits per heavy atom. The second-order valence-electron chi connectivity index (χ2n) is 4.81. The van der Waals surface area contributed by atoms with Crippen molar-refractivity contribution in [2.75, 3.05) is 0 Å². The maximum atomic E-state index is 12.4. The zero-order valence-corrected chi connectivity index (χ0v) is 10.2. The second-order valence-corrected chi connectivity index (χ2v) is 4.81. The Morgan fingerprint density at radius 2 is 1.89 bits per heavy atom. The van der Waals surface area contributed by atoms with Gasteiger partial charge in [-0.25, -0.2) is 0 Å². The molecule has 4 nitrogen and oxygen atoms in total. The van der Waals surface area contributed by atoms with E-state index in [0.717, 1.165) is 31.2 Å². The zero-order valence-electron chi connectivity index (χ0n) is 10.2. The molecule has 0 spiro atoms. The minimum absolute atomic E-state index is 0.0440. The summed E-state index contributed by atoms with van der Waals surface area (Å²) in [6.07, 6.45) is 7.04. The number of aromatic nitrogens is 1. The van der Waals surface area contributed by atoms with Crippen molar-refractivity contribution in [3.05, 3.63) is 30.1 Å². The first-order chi connectivity index (χ1) is 8.68. The van der Waals surface area contributed by atoms with Crippen LogP contribution in [0.5, 0.6) is 0 Å². The summed E-state index contributed by atoms with van der Waals surface area (Å²) in [7, 11) is 0. The molecule has 0 radical (unpaired) electrons. The number of hydrogen-bond donors (Lipinski definition) is 1. The fourth-order valence-electron chi connectivity index (χ4n) is 2.65. The first kappa shape index (κ1) is 12.7. The van der Waals surface area contributed by atoms with E-state index in [1.54, 1.807) is 24.5 Å². The van der Waals surface area contributed by atoms with Crippen LogP contribution in [0.15, 0.2) is 24.5 Å². The Bertz CT molecular complexity index is 424. The highest BCUT2D eigenvalue weighted by Crippen LogP contribution is 2.32. The molecule has 1 fully saturated rings. The largest absolute Gasteiger partial charge is 0.481 e. The van der Waals surface area contributed by atoms with Gasteiger partial charge in [0.1, 0.15) is 5.78 Å². The molecular weight excluding hydrogens is 230 g/mol. The maximum Gasteiger partial charge on any atom is 0.304 e. The molecule has 1 heterocycles. The first-order valence-electron chi connectivity index (χ1n) is 6.34. The molecule has 1 aliphatic rings. The predicted octanol–water partition coefficient (Wildman–Crippen LogP) is 2.40. The predicted molar refractivity (Wildman–Crippen MR) is 66.2 cm³/mol. The number of carboxylic acids is 1. The van der Waals surface area contributed by atoms with Gasteiger partial charge >= 0.3 is 5.97 Å². The third-order valence-electron chi connectivity index (χ3n) is 3.59. The minimum Gasteiger partial charge on any atom is -0.481 e. The monoisotopic (exact) mass is 247 g/mol. The van der Waals surface area contributed by atoms with E-state index >= 15 is 0 Å². The normalized spacial score (nSPS) is 17.6. The van der Waals surface area contributed by atoms with Gasteiger partial charge in [0.05, 0.1) is 12.3 Å². The van der Waals surface area contributed by atoms with Crippen LogP contribution in [0.2, 0.25) is 0 Å². The average Bonchev–Trinajstić information content (AvgIpc) is 2.90. The molecule has 1 aromatic heterocycles. The van der Waals surface area contributed by atoms with E-state index in [1.807, 2.05) is 0 Å². The Hall–Kier alpha value is -1.71. The van der Waals surface area contributed by atoms with Gasteiger partial charge in [-0.15, -0.1) is 0 Å². The second kappa shape index (κ2) is 5.76. The van der Waals surface area contributed by atoms with E-state index in [2.05, 4.69) is 4.98 Å². The van der Waals surface area contributed by atoms with E-state index in [0.29, 0.717) is 0 Å². The van der Waals surface area contributed by atoms with E-state index in [4.69, 9.17) is 5.11 Å². The quantitative estimate of drug-likeness (QED) is 0.867. The van der Waals surface area contributed by atoms with Crippen molar-refractivity contribution in [2.24, 2.45) is 5.92 Å². The Labute approximate surface area is 106 Å². The van der Waals surface area contributed by atoms with Gasteiger partial charge in [-0.3, -0.25) is 14.6 Å². The molecule has 0 amide bonds. The number of pyridine rings is 1. The number of carbonyl (C=O) groups excluding carboxylic acids is 1. The van der Waals surface area contributed by atoms with E-state index in [1.165, 1.54) is 0 Å². The van der Waals surface area contributed by atoms with E-state index < -0.39 is 11.9 Å². The molecule has 18 heavy (non-hydrogen) atoms. The van der Waals surface area contributed by atoms with Gasteiger partial charge in [-0.2, -0.15) is 0 Å². The lowest BCUT2D eigenvalue weighted by Gasteiger charge is -2.18. The van der Waals surface area contributed by atoms with Gasteiger partial charge in [-0.1, -0.05) is 12.8 Å². The van der Waals surface area contributed by atoms with Crippen molar-refractivity contribution in [3.63, 3.8) is 0 Å². The van der Waals surface area contributed by atoms with Gasteiger partial charge in [0.15, 0.2) is 0 Å². The Kier molecular flexibility index (Phi) is 4.07. The number of carbonyl (C=O) groups is 2. The molecule has 1 aromatic rings. The third kappa shape index (κ3) is 2.94. The number of carboxylic acid groups (broad SMARTS) is 1. The molecule has 4 heteroatoms. The lowest BCUT2D eigenvalue weighted by molar-refractivity contribution is -0.139. The van der Waals surface area contributed by atoms with Gasteiger partial charge in [0.25, 0.3) is 0 Å². The highest BCUT2D eigenvalue weighted by atomic mass is 16.4. The number of hydrogen-bond acceptors (Lipinski definition) is 3. The zero-order chi connectivity index (χ0) is 13.0. The molecule has 1 aliphatic carbocycles. The van der Waals surface area contributed by atoms with Crippen molar-refractivity contribution < 1.29 is 14.7 Å². The topological polar surface area (TPSA) is 67.3 Å². The van der Waals surface area contributed by atoms with E-state index in [9.17, 15) is 9.59 Å². The van der Waals surface area contributed by atoms with Crippen LogP contribution in [0.4, 0.5) is 0 Å². The number of nitrogens with zero attached hydrogens (tertiary/aromatic N) is 1. The van der Waals surface area contributed by atoms with Crippen LogP contribution in [0.1, 0.15) is 43.6 Å². The highest BCUT2D eigenvalue weighted by molar-refractivity contribution is 5.91. The van der Waals surface area contributed by atoms with Crippen molar-refractivity contribution in [2.45, 2.75) is 38.0 Å². The molecular formula is C14H17NO3. The highest BCUT2D eigenvalue weighted by Gasteiger charge is 2.31. The summed E-state index contributed by atoms with van der Waals surface area (Å²) in [5.41, 5.74) is 0.768. The molecule has 1 N–H and O–H groups in total. The van der Waals surface area contributed by atoms with Crippen molar-refractivity contribution in [3.8, 4) is 0 Å². The van der Waals surface area contributed by atoms with Gasteiger partial charge < -0.3 is 5.11 Å². The van der Waals surface area contributed by atoms with Crippen molar-refractivity contribution in [1.82, 2.24) is 4.98 Å².